The van der Waals surface area contributed by atoms with Crippen molar-refractivity contribution in [3.05, 3.63) is 80.9 Å². The molecule has 0 aliphatic rings. The Kier molecular flexibility index (Phi) is 6.77. The van der Waals surface area contributed by atoms with Crippen LogP contribution in [-0.2, 0) is 19.7 Å². The lowest BCUT2D eigenvalue weighted by Gasteiger charge is -2.17. The van der Waals surface area contributed by atoms with Crippen LogP contribution in [0.5, 0.6) is 11.5 Å². The molecule has 142 valence electrons. The van der Waals surface area contributed by atoms with Gasteiger partial charge in [-0.15, -0.1) is 0 Å². The molecule has 3 aromatic rings. The monoisotopic (exact) mass is 453 g/mol. The summed E-state index contributed by atoms with van der Waals surface area (Å²) in [5.41, 5.74) is 1.59. The maximum absolute atomic E-state index is 13.2. The van der Waals surface area contributed by atoms with Crippen molar-refractivity contribution >= 4 is 27.5 Å². The zero-order valence-electron chi connectivity index (χ0n) is 14.6. The van der Waals surface area contributed by atoms with Gasteiger partial charge in [-0.1, -0.05) is 33.6 Å². The van der Waals surface area contributed by atoms with Gasteiger partial charge in [-0.2, -0.15) is 0 Å². The molecule has 0 spiro atoms. The topological polar surface area (TPSA) is 43.6 Å². The molecule has 1 aromatic heterocycles. The molecule has 0 bridgehead atoms. The average Bonchev–Trinajstić information content (AvgIpc) is 3.16. The predicted molar refractivity (Wildman–Crippen MR) is 106 cm³/mol. The molecule has 3 rings (SSSR count). The van der Waals surface area contributed by atoms with Gasteiger partial charge in [0, 0.05) is 22.1 Å². The van der Waals surface area contributed by atoms with Crippen LogP contribution in [0.25, 0.3) is 0 Å². The Morgan fingerprint density at radius 3 is 2.74 bits per heavy atom. The average molecular weight is 455 g/mol. The number of ether oxygens (including phenoxy) is 2. The molecule has 0 radical (unpaired) electrons. The second-order valence-corrected chi connectivity index (χ2v) is 7.03. The molecule has 4 nitrogen and oxygen atoms in total. The Hall–Kier alpha value is -2.02. The van der Waals surface area contributed by atoms with Crippen molar-refractivity contribution in [3.63, 3.8) is 0 Å². The highest BCUT2D eigenvalue weighted by Gasteiger charge is 2.15. The van der Waals surface area contributed by atoms with Crippen LogP contribution in [0.3, 0.4) is 0 Å². The summed E-state index contributed by atoms with van der Waals surface area (Å²) >= 11 is 9.66. The van der Waals surface area contributed by atoms with Crippen LogP contribution in [0, 0.1) is 5.82 Å². The van der Waals surface area contributed by atoms with Crippen molar-refractivity contribution in [1.29, 1.82) is 0 Å². The van der Waals surface area contributed by atoms with E-state index in [0.29, 0.717) is 35.2 Å². The lowest BCUT2D eigenvalue weighted by molar-refractivity contribution is 0.280. The number of hydrogen-bond acceptors (Lipinski definition) is 4. The summed E-state index contributed by atoms with van der Waals surface area (Å²) in [6.07, 6.45) is 1.64. The summed E-state index contributed by atoms with van der Waals surface area (Å²) in [6, 6.07) is 11.7. The minimum absolute atomic E-state index is 0.192. The van der Waals surface area contributed by atoms with Gasteiger partial charge >= 0.3 is 0 Å². The smallest absolute Gasteiger partial charge is 0.167 e. The van der Waals surface area contributed by atoms with Crippen molar-refractivity contribution in [2.75, 3.05) is 7.11 Å². The quantitative estimate of drug-likeness (QED) is 0.473. The number of benzene rings is 2. The van der Waals surface area contributed by atoms with E-state index in [0.717, 1.165) is 15.8 Å². The van der Waals surface area contributed by atoms with Crippen molar-refractivity contribution in [2.24, 2.45) is 0 Å². The van der Waals surface area contributed by atoms with Gasteiger partial charge in [-0.05, 0) is 36.4 Å². The van der Waals surface area contributed by atoms with Crippen LogP contribution in [0.2, 0.25) is 5.02 Å². The zero-order valence-corrected chi connectivity index (χ0v) is 16.9. The first-order valence-corrected chi connectivity index (χ1v) is 9.40. The van der Waals surface area contributed by atoms with Crippen LogP contribution < -0.4 is 14.8 Å². The first-order valence-electron chi connectivity index (χ1n) is 8.23. The van der Waals surface area contributed by atoms with Crippen LogP contribution >= 0.6 is 27.5 Å². The van der Waals surface area contributed by atoms with E-state index in [2.05, 4.69) is 21.2 Å². The van der Waals surface area contributed by atoms with Gasteiger partial charge in [0.2, 0.25) is 0 Å². The number of methoxy groups -OCH3 is 1. The molecule has 0 aliphatic heterocycles. The molecule has 0 saturated carbocycles. The standard InChI is InChI=1S/C20H18BrClFNO3/c1-25-19-7-6-17(21)16(11-24-10-15-3-2-8-26-15)20(19)27-12-13-4-5-14(23)9-18(13)22/h2-9,24H,10-12H2,1H3. The van der Waals surface area contributed by atoms with E-state index >= 15 is 0 Å². The molecule has 0 amide bonds. The number of hydrogen-bond donors (Lipinski definition) is 1. The molecule has 0 aliphatic carbocycles. The Morgan fingerprint density at radius 1 is 1.19 bits per heavy atom. The van der Waals surface area contributed by atoms with Crippen LogP contribution in [0.1, 0.15) is 16.9 Å². The lowest BCUT2D eigenvalue weighted by Crippen LogP contribution is -2.14. The third-order valence-electron chi connectivity index (χ3n) is 3.96. The summed E-state index contributed by atoms with van der Waals surface area (Å²) < 4.78 is 30.9. The number of halogens is 3. The van der Waals surface area contributed by atoms with E-state index < -0.39 is 0 Å². The van der Waals surface area contributed by atoms with Gasteiger partial charge in [0.15, 0.2) is 11.5 Å². The van der Waals surface area contributed by atoms with E-state index in [4.69, 9.17) is 25.5 Å². The largest absolute Gasteiger partial charge is 0.493 e. The highest BCUT2D eigenvalue weighted by Crippen LogP contribution is 2.37. The van der Waals surface area contributed by atoms with Crippen LogP contribution in [0.15, 0.2) is 57.6 Å². The predicted octanol–water partition coefficient (Wildman–Crippen LogP) is 5.71. The first kappa shape index (κ1) is 19.7. The fourth-order valence-corrected chi connectivity index (χ4v) is 3.25. The maximum atomic E-state index is 13.2. The summed E-state index contributed by atoms with van der Waals surface area (Å²) in [4.78, 5) is 0. The molecule has 0 saturated heterocycles. The Balaban J connectivity index is 1.78. The number of rotatable bonds is 8. The van der Waals surface area contributed by atoms with Crippen molar-refractivity contribution < 1.29 is 18.3 Å². The van der Waals surface area contributed by atoms with E-state index in [1.54, 1.807) is 19.4 Å². The van der Waals surface area contributed by atoms with Gasteiger partial charge in [0.25, 0.3) is 0 Å². The molecule has 0 fully saturated rings. The SMILES string of the molecule is COc1ccc(Br)c(CNCc2ccco2)c1OCc1ccc(F)cc1Cl. The summed E-state index contributed by atoms with van der Waals surface area (Å²) in [5.74, 6) is 1.66. The first-order chi connectivity index (χ1) is 13.1. The van der Waals surface area contributed by atoms with Crippen LogP contribution in [-0.4, -0.2) is 7.11 Å². The minimum Gasteiger partial charge on any atom is -0.493 e. The molecule has 0 unspecified atom stereocenters. The van der Waals surface area contributed by atoms with E-state index in [9.17, 15) is 4.39 Å². The van der Waals surface area contributed by atoms with E-state index in [1.165, 1.54) is 12.1 Å². The zero-order chi connectivity index (χ0) is 19.2. The minimum atomic E-state index is -0.383. The van der Waals surface area contributed by atoms with Gasteiger partial charge in [-0.25, -0.2) is 4.39 Å². The summed E-state index contributed by atoms with van der Waals surface area (Å²) in [5, 5.41) is 3.64. The van der Waals surface area contributed by atoms with Gasteiger partial charge in [0.05, 0.1) is 24.9 Å². The maximum Gasteiger partial charge on any atom is 0.167 e. The highest BCUT2D eigenvalue weighted by molar-refractivity contribution is 9.10. The number of furan rings is 1. The van der Waals surface area contributed by atoms with E-state index in [1.807, 2.05) is 24.3 Å². The second kappa shape index (κ2) is 9.26. The normalized spacial score (nSPS) is 10.8. The molecular weight excluding hydrogens is 437 g/mol. The van der Waals surface area contributed by atoms with Crippen molar-refractivity contribution in [1.82, 2.24) is 5.32 Å². The third-order valence-corrected chi connectivity index (χ3v) is 5.05. The lowest BCUT2D eigenvalue weighted by atomic mass is 10.1. The highest BCUT2D eigenvalue weighted by atomic mass is 79.9. The Morgan fingerprint density at radius 2 is 2.04 bits per heavy atom. The van der Waals surface area contributed by atoms with Gasteiger partial charge < -0.3 is 19.2 Å². The summed E-state index contributed by atoms with van der Waals surface area (Å²) in [6.45, 7) is 1.31. The molecule has 1 heterocycles. The molecule has 27 heavy (non-hydrogen) atoms. The number of nitrogens with one attached hydrogen (secondary N) is 1. The fourth-order valence-electron chi connectivity index (χ4n) is 2.58. The molecular formula is C20H18BrClFNO3. The Labute approximate surface area is 170 Å². The molecule has 1 N–H and O–H groups in total. The summed E-state index contributed by atoms with van der Waals surface area (Å²) in [7, 11) is 1.58. The van der Waals surface area contributed by atoms with Crippen LogP contribution in [0.4, 0.5) is 4.39 Å². The van der Waals surface area contributed by atoms with Crippen molar-refractivity contribution in [3.8, 4) is 11.5 Å². The third kappa shape index (κ3) is 5.03. The fraction of sp³-hybridized carbons (Fsp3) is 0.200. The van der Waals surface area contributed by atoms with E-state index in [-0.39, 0.29) is 12.4 Å². The Bertz CT molecular complexity index is 902. The molecule has 7 heteroatoms. The van der Waals surface area contributed by atoms with Gasteiger partial charge in [-0.3, -0.25) is 0 Å². The second-order valence-electron chi connectivity index (χ2n) is 5.76. The molecule has 0 atom stereocenters. The molecule has 2 aromatic carbocycles. The van der Waals surface area contributed by atoms with Crippen molar-refractivity contribution in [2.45, 2.75) is 19.7 Å². The van der Waals surface area contributed by atoms with Gasteiger partial charge in [0.1, 0.15) is 18.2 Å².